The first-order valence-electron chi connectivity index (χ1n) is 11.0. The van der Waals surface area contributed by atoms with Gasteiger partial charge in [0.1, 0.15) is 10.5 Å². The second-order valence-electron chi connectivity index (χ2n) is 8.78. The number of hydrazine groups is 1. The summed E-state index contributed by atoms with van der Waals surface area (Å²) < 4.78 is 70.4. The van der Waals surface area contributed by atoms with Gasteiger partial charge in [0, 0.05) is 48.7 Å². The van der Waals surface area contributed by atoms with Gasteiger partial charge in [0.15, 0.2) is 0 Å². The minimum Gasteiger partial charge on any atom is -0.322 e. The summed E-state index contributed by atoms with van der Waals surface area (Å²) in [6.45, 7) is 3.31. The van der Waals surface area contributed by atoms with Crippen LogP contribution in [0.3, 0.4) is 0 Å². The minimum atomic E-state index is -10.1. The quantitative estimate of drug-likeness (QED) is 0.296. The summed E-state index contributed by atoms with van der Waals surface area (Å²) in [4.78, 5) is 10.5. The molecule has 1 fully saturated rings. The third-order valence-corrected chi connectivity index (χ3v) is 7.18. The van der Waals surface area contributed by atoms with E-state index in [2.05, 4.69) is 21.3 Å². The summed E-state index contributed by atoms with van der Waals surface area (Å²) in [5.74, 6) is -0.874. The Bertz CT molecular complexity index is 1600. The smallest absolute Gasteiger partial charge is 0.310 e. The van der Waals surface area contributed by atoms with Gasteiger partial charge < -0.3 is 5.32 Å². The van der Waals surface area contributed by atoms with Crippen LogP contribution >= 0.6 is 10.2 Å². The second-order valence-corrected chi connectivity index (χ2v) is 11.2. The molecule has 0 atom stereocenters. The summed E-state index contributed by atoms with van der Waals surface area (Å²) in [5.41, 5.74) is 8.06. The Labute approximate surface area is 207 Å². The summed E-state index contributed by atoms with van der Waals surface area (Å²) >= 11 is 0. The molecular weight excluding hydrogens is 517 g/mol. The maximum Gasteiger partial charge on any atom is 0.310 e. The van der Waals surface area contributed by atoms with Crippen molar-refractivity contribution < 1.29 is 24.2 Å². The van der Waals surface area contributed by atoms with Crippen LogP contribution in [0.5, 0.6) is 0 Å². The lowest BCUT2D eigenvalue weighted by atomic mass is 10.1. The van der Waals surface area contributed by atoms with Crippen LogP contribution < -0.4 is 16.2 Å². The first-order valence-corrected chi connectivity index (χ1v) is 12.9. The average Bonchev–Trinajstić information content (AvgIpc) is 3.56. The Morgan fingerprint density at radius 1 is 1.08 bits per heavy atom. The van der Waals surface area contributed by atoms with Crippen LogP contribution in [0.2, 0.25) is 0 Å². The molecular formula is C23H20F5N7OS. The molecule has 5 rings (SSSR count). The number of fused-ring (bicyclic) bond motifs is 1. The molecule has 1 amide bonds. The van der Waals surface area contributed by atoms with Crippen molar-refractivity contribution in [3.8, 4) is 11.8 Å². The number of nitriles is 1. The highest BCUT2D eigenvalue weighted by atomic mass is 32.5. The molecule has 0 radical (unpaired) electrons. The molecule has 1 saturated heterocycles. The highest BCUT2D eigenvalue weighted by molar-refractivity contribution is 8.45. The number of carbonyl (C=O) groups excluding carboxylic acids is 1. The number of amides is 1. The van der Waals surface area contributed by atoms with Gasteiger partial charge in [-0.15, -0.1) is 0 Å². The van der Waals surface area contributed by atoms with Gasteiger partial charge in [0.05, 0.1) is 23.0 Å². The van der Waals surface area contributed by atoms with Crippen LogP contribution in [0, 0.1) is 18.3 Å². The lowest BCUT2D eigenvalue weighted by Crippen LogP contribution is -2.21. The number of nitrogens with zero attached hydrogens (tertiary/aromatic N) is 4. The zero-order valence-corrected chi connectivity index (χ0v) is 20.0. The Kier molecular flexibility index (Phi) is 5.21. The minimum absolute atomic E-state index is 0.0388. The molecule has 1 aliphatic rings. The van der Waals surface area contributed by atoms with Crippen molar-refractivity contribution in [1.29, 1.82) is 5.26 Å². The molecule has 1 aliphatic heterocycles. The van der Waals surface area contributed by atoms with E-state index < -0.39 is 32.2 Å². The van der Waals surface area contributed by atoms with Crippen LogP contribution in [0.4, 0.5) is 25.1 Å². The zero-order chi connectivity index (χ0) is 26.7. The highest BCUT2D eigenvalue weighted by Crippen LogP contribution is 3.02. The van der Waals surface area contributed by atoms with Gasteiger partial charge in [0.25, 0.3) is 5.91 Å². The lowest BCUT2D eigenvalue weighted by molar-refractivity contribution is 0.102. The van der Waals surface area contributed by atoms with E-state index in [4.69, 9.17) is 5.26 Å². The number of nitrogens with one attached hydrogen (secondary N) is 3. The fourth-order valence-corrected chi connectivity index (χ4v) is 4.84. The average molecular weight is 538 g/mol. The van der Waals surface area contributed by atoms with Crippen molar-refractivity contribution in [3.05, 3.63) is 77.2 Å². The molecule has 2 aromatic heterocycles. The number of aromatic nitrogens is 3. The number of rotatable bonds is 5. The van der Waals surface area contributed by atoms with Crippen LogP contribution in [0.15, 0.2) is 59.8 Å². The lowest BCUT2D eigenvalue weighted by Gasteiger charge is -2.40. The van der Waals surface area contributed by atoms with E-state index in [0.29, 0.717) is 5.69 Å². The van der Waals surface area contributed by atoms with Crippen molar-refractivity contribution >= 4 is 27.5 Å². The number of benzene rings is 2. The van der Waals surface area contributed by atoms with Crippen molar-refractivity contribution in [3.63, 3.8) is 0 Å². The second kappa shape index (κ2) is 7.78. The van der Waals surface area contributed by atoms with Crippen LogP contribution in [0.25, 0.3) is 11.3 Å². The maximum atomic E-state index is 13.4. The molecule has 0 spiro atoms. The first kappa shape index (κ1) is 24.8. The van der Waals surface area contributed by atoms with Gasteiger partial charge >= 0.3 is 10.2 Å². The molecule has 0 unspecified atom stereocenters. The molecule has 2 aromatic carbocycles. The molecule has 0 bridgehead atoms. The van der Waals surface area contributed by atoms with Gasteiger partial charge in [-0.1, -0.05) is 25.5 Å². The third kappa shape index (κ3) is 4.88. The SMILES string of the molecule is Cc1ccc(NC(=O)c2cc(C#N)cc(S(F)(F)(F)(F)F)c2)cc1-n1ccn2nc(C3CNNC3)cc12. The fourth-order valence-electron chi connectivity index (χ4n) is 4.14. The molecule has 3 heterocycles. The van der Waals surface area contributed by atoms with E-state index in [1.54, 1.807) is 29.0 Å². The number of aryl methyl sites for hydroxylation is 1. The zero-order valence-electron chi connectivity index (χ0n) is 19.2. The number of hydrogen-bond acceptors (Lipinski definition) is 5. The topological polar surface area (TPSA) is 99.2 Å². The summed E-state index contributed by atoms with van der Waals surface area (Å²) in [7, 11) is -10.1. The van der Waals surface area contributed by atoms with Crippen LogP contribution in [-0.4, -0.2) is 33.2 Å². The first-order chi connectivity index (χ1) is 17.2. The van der Waals surface area contributed by atoms with Gasteiger partial charge in [0.2, 0.25) is 0 Å². The monoisotopic (exact) mass is 537 g/mol. The molecule has 3 N–H and O–H groups in total. The third-order valence-electron chi connectivity index (χ3n) is 6.05. The Morgan fingerprint density at radius 3 is 2.49 bits per heavy atom. The predicted molar refractivity (Wildman–Crippen MR) is 129 cm³/mol. The van der Waals surface area contributed by atoms with Crippen molar-refractivity contribution in [1.82, 2.24) is 25.0 Å². The summed E-state index contributed by atoms with van der Waals surface area (Å²) in [5, 5.41) is 16.1. The largest absolute Gasteiger partial charge is 0.322 e. The molecule has 14 heteroatoms. The molecule has 4 aromatic rings. The number of imidazole rings is 1. The molecule has 37 heavy (non-hydrogen) atoms. The van der Waals surface area contributed by atoms with E-state index >= 15 is 0 Å². The van der Waals surface area contributed by atoms with Crippen molar-refractivity contribution in [2.45, 2.75) is 17.7 Å². The van der Waals surface area contributed by atoms with E-state index in [1.807, 2.05) is 17.6 Å². The highest BCUT2D eigenvalue weighted by Gasteiger charge is 2.65. The summed E-state index contributed by atoms with van der Waals surface area (Å²) in [6, 6.07) is 9.11. The van der Waals surface area contributed by atoms with Crippen molar-refractivity contribution in [2.75, 3.05) is 18.4 Å². The Balaban J connectivity index is 1.48. The van der Waals surface area contributed by atoms with Gasteiger partial charge in [-0.2, -0.15) is 10.4 Å². The number of hydrogen-bond donors (Lipinski definition) is 3. The van der Waals surface area contributed by atoms with Crippen LogP contribution in [0.1, 0.15) is 33.1 Å². The van der Waals surface area contributed by atoms with E-state index in [-0.39, 0.29) is 23.7 Å². The van der Waals surface area contributed by atoms with E-state index in [1.165, 1.54) is 12.1 Å². The fraction of sp³-hybridized carbons (Fsp3) is 0.174. The molecule has 8 nitrogen and oxygen atoms in total. The number of anilines is 1. The molecule has 0 aliphatic carbocycles. The number of halogens is 5. The van der Waals surface area contributed by atoms with Gasteiger partial charge in [-0.25, -0.2) is 4.52 Å². The summed E-state index contributed by atoms with van der Waals surface area (Å²) in [6.07, 6.45) is 3.55. The van der Waals surface area contributed by atoms with Crippen LogP contribution in [-0.2, 0) is 0 Å². The van der Waals surface area contributed by atoms with Crippen molar-refractivity contribution in [2.24, 2.45) is 0 Å². The predicted octanol–water partition coefficient (Wildman–Crippen LogP) is 5.41. The van der Waals surface area contributed by atoms with E-state index in [0.717, 1.165) is 36.1 Å². The standard InChI is InChI=1S/C23H20F5N7OS/c1-14-2-3-18(32-23(36)16-6-15(11-29)7-19(8-16)37(24,25,26,27)28)9-21(14)34-4-5-35-22(34)10-20(33-35)17-12-30-31-13-17/h2-10,17,30-31H,12-13H2,1H3,(H,32,36). The normalized spacial score (nSPS) is 16.4. The number of carbonyl (C=O) groups is 1. The van der Waals surface area contributed by atoms with Gasteiger partial charge in [-0.3, -0.25) is 20.2 Å². The van der Waals surface area contributed by atoms with E-state index in [9.17, 15) is 24.2 Å². The Morgan fingerprint density at radius 2 is 1.81 bits per heavy atom. The Hall–Kier alpha value is -3.93. The maximum absolute atomic E-state index is 13.4. The molecule has 194 valence electrons. The van der Waals surface area contributed by atoms with Gasteiger partial charge in [-0.05, 0) is 42.8 Å². The molecule has 0 saturated carbocycles.